The summed E-state index contributed by atoms with van der Waals surface area (Å²) in [7, 11) is 0. The fourth-order valence-corrected chi connectivity index (χ4v) is 3.62. The number of carbonyl (C=O) groups is 1. The van der Waals surface area contributed by atoms with Crippen LogP contribution >= 0.6 is 11.3 Å². The van der Waals surface area contributed by atoms with Crippen molar-refractivity contribution in [2.24, 2.45) is 0 Å². The second kappa shape index (κ2) is 6.97. The molecule has 0 saturated carbocycles. The molecule has 0 atom stereocenters. The zero-order chi connectivity index (χ0) is 17.1. The van der Waals surface area contributed by atoms with Gasteiger partial charge in [-0.15, -0.1) is 11.3 Å². The molecule has 1 aromatic carbocycles. The third kappa shape index (κ3) is 3.23. The van der Waals surface area contributed by atoms with Crippen molar-refractivity contribution in [1.82, 2.24) is 9.97 Å². The summed E-state index contributed by atoms with van der Waals surface area (Å²) in [5.74, 6) is 0.233. The van der Waals surface area contributed by atoms with Gasteiger partial charge in [0.2, 0.25) is 0 Å². The number of thiophene rings is 1. The van der Waals surface area contributed by atoms with Crippen LogP contribution in [0.3, 0.4) is 0 Å². The molecule has 3 aromatic rings. The van der Waals surface area contributed by atoms with Gasteiger partial charge in [0.25, 0.3) is 5.56 Å². The Morgan fingerprint density at radius 2 is 2.04 bits per heavy atom. The maximum atomic E-state index is 12.4. The molecule has 0 aliphatic heterocycles. The number of aryl methyl sites for hydroxylation is 2. The van der Waals surface area contributed by atoms with Gasteiger partial charge < -0.3 is 9.72 Å². The molecule has 2 heterocycles. The minimum absolute atomic E-state index is 0.195. The number of hydrogen-bond donors (Lipinski definition) is 1. The molecule has 0 unspecified atom stereocenters. The monoisotopic (exact) mass is 342 g/mol. The van der Waals surface area contributed by atoms with Gasteiger partial charge in [-0.05, 0) is 24.5 Å². The van der Waals surface area contributed by atoms with Crippen molar-refractivity contribution in [3.63, 3.8) is 0 Å². The molecular formula is C18H18N2O3S. The number of hydrogen-bond acceptors (Lipinski definition) is 5. The molecular weight excluding hydrogens is 324 g/mol. The largest absolute Gasteiger partial charge is 0.457 e. The topological polar surface area (TPSA) is 72.0 Å². The van der Waals surface area contributed by atoms with Crippen LogP contribution in [-0.2, 0) is 17.8 Å². The highest BCUT2D eigenvalue weighted by atomic mass is 32.1. The number of fused-ring (bicyclic) bond motifs is 1. The number of rotatable bonds is 5. The van der Waals surface area contributed by atoms with Crippen LogP contribution in [0.25, 0.3) is 10.2 Å². The van der Waals surface area contributed by atoms with Gasteiger partial charge in [-0.25, -0.2) is 9.78 Å². The number of benzene rings is 1. The number of aromatic nitrogens is 2. The molecule has 6 heteroatoms. The van der Waals surface area contributed by atoms with Gasteiger partial charge in [0.15, 0.2) is 0 Å². The lowest BCUT2D eigenvalue weighted by Gasteiger charge is -2.03. The lowest BCUT2D eigenvalue weighted by molar-refractivity contribution is 0.0478. The molecule has 0 fully saturated rings. The molecule has 0 spiro atoms. The lowest BCUT2D eigenvalue weighted by Crippen LogP contribution is -2.11. The van der Waals surface area contributed by atoms with Crippen LogP contribution in [-0.4, -0.2) is 15.9 Å². The van der Waals surface area contributed by atoms with Crippen LogP contribution in [0.15, 0.2) is 35.1 Å². The quantitative estimate of drug-likeness (QED) is 0.719. The molecule has 0 aliphatic carbocycles. The van der Waals surface area contributed by atoms with E-state index in [1.165, 1.54) is 11.3 Å². The summed E-state index contributed by atoms with van der Waals surface area (Å²) in [4.78, 5) is 32.9. The average Bonchev–Trinajstić information content (AvgIpc) is 2.91. The van der Waals surface area contributed by atoms with Crippen LogP contribution < -0.4 is 5.56 Å². The summed E-state index contributed by atoms with van der Waals surface area (Å²) < 4.78 is 5.37. The van der Waals surface area contributed by atoms with Crippen LogP contribution in [0.1, 0.15) is 40.0 Å². The SMILES string of the molecule is CCCc1nc2sc(C(=O)OCc3ccccc3)c(C)c2c(=O)[nH]1. The van der Waals surface area contributed by atoms with E-state index in [1.54, 1.807) is 6.92 Å². The van der Waals surface area contributed by atoms with Crippen molar-refractivity contribution in [3.8, 4) is 0 Å². The summed E-state index contributed by atoms with van der Waals surface area (Å²) in [5.41, 5.74) is 1.36. The van der Waals surface area contributed by atoms with E-state index in [-0.39, 0.29) is 12.2 Å². The standard InChI is InChI=1S/C18H18N2O3S/c1-3-7-13-19-16(21)14-11(2)15(24-17(14)20-13)18(22)23-10-12-8-5-4-6-9-12/h4-6,8-9H,3,7,10H2,1-2H3,(H,19,20,21). The predicted molar refractivity (Wildman–Crippen MR) is 94.5 cm³/mol. The summed E-state index contributed by atoms with van der Waals surface area (Å²) in [6.45, 7) is 3.99. The van der Waals surface area contributed by atoms with Gasteiger partial charge in [-0.1, -0.05) is 37.3 Å². The van der Waals surface area contributed by atoms with Crippen molar-refractivity contribution in [3.05, 3.63) is 62.5 Å². The van der Waals surface area contributed by atoms with Crippen molar-refractivity contribution in [1.29, 1.82) is 0 Å². The fraction of sp³-hybridized carbons (Fsp3) is 0.278. The Hall–Kier alpha value is -2.47. The van der Waals surface area contributed by atoms with Crippen molar-refractivity contribution in [2.75, 3.05) is 0 Å². The first-order valence-electron chi connectivity index (χ1n) is 7.83. The second-order valence-electron chi connectivity index (χ2n) is 5.56. The molecule has 0 aliphatic rings. The summed E-state index contributed by atoms with van der Waals surface area (Å²) in [6.07, 6.45) is 1.60. The molecule has 24 heavy (non-hydrogen) atoms. The molecule has 0 bridgehead atoms. The van der Waals surface area contributed by atoms with E-state index in [9.17, 15) is 9.59 Å². The predicted octanol–water partition coefficient (Wildman–Crippen LogP) is 3.60. The van der Waals surface area contributed by atoms with E-state index in [4.69, 9.17) is 4.74 Å². The van der Waals surface area contributed by atoms with E-state index in [1.807, 2.05) is 37.3 Å². The Balaban J connectivity index is 1.89. The molecule has 124 valence electrons. The second-order valence-corrected chi connectivity index (χ2v) is 6.56. The molecule has 0 amide bonds. The first-order valence-corrected chi connectivity index (χ1v) is 8.65. The first kappa shape index (κ1) is 16.4. The van der Waals surface area contributed by atoms with Gasteiger partial charge in [0, 0.05) is 6.42 Å². The number of aromatic amines is 1. The highest BCUT2D eigenvalue weighted by Gasteiger charge is 2.20. The number of esters is 1. The Bertz CT molecular complexity index is 929. The summed E-state index contributed by atoms with van der Waals surface area (Å²) in [6, 6.07) is 9.50. The normalized spacial score (nSPS) is 10.9. The third-order valence-corrected chi connectivity index (χ3v) is 4.90. The molecule has 2 aromatic heterocycles. The maximum Gasteiger partial charge on any atom is 0.349 e. The summed E-state index contributed by atoms with van der Waals surface area (Å²) >= 11 is 1.22. The van der Waals surface area contributed by atoms with Crippen molar-refractivity contribution in [2.45, 2.75) is 33.3 Å². The van der Waals surface area contributed by atoms with Gasteiger partial charge in [-0.2, -0.15) is 0 Å². The van der Waals surface area contributed by atoms with Gasteiger partial charge in [0.05, 0.1) is 5.39 Å². The minimum Gasteiger partial charge on any atom is -0.457 e. The van der Waals surface area contributed by atoms with Crippen LogP contribution in [0.5, 0.6) is 0 Å². The van der Waals surface area contributed by atoms with Crippen LogP contribution in [0.4, 0.5) is 0 Å². The molecule has 3 rings (SSSR count). The highest BCUT2D eigenvalue weighted by molar-refractivity contribution is 7.20. The lowest BCUT2D eigenvalue weighted by atomic mass is 10.2. The molecule has 0 radical (unpaired) electrons. The first-order chi connectivity index (χ1) is 11.6. The molecule has 1 N–H and O–H groups in total. The van der Waals surface area contributed by atoms with Crippen molar-refractivity contribution >= 4 is 27.5 Å². The fourth-order valence-electron chi connectivity index (χ4n) is 2.53. The Morgan fingerprint density at radius 3 is 2.75 bits per heavy atom. The summed E-state index contributed by atoms with van der Waals surface area (Å²) in [5, 5.41) is 0.478. The Kier molecular flexibility index (Phi) is 4.76. The van der Waals surface area contributed by atoms with Crippen molar-refractivity contribution < 1.29 is 9.53 Å². The molecule has 0 saturated heterocycles. The zero-order valence-corrected chi connectivity index (χ0v) is 14.4. The zero-order valence-electron chi connectivity index (χ0n) is 13.6. The van der Waals surface area contributed by atoms with Gasteiger partial charge in [0.1, 0.15) is 22.1 Å². The number of nitrogens with one attached hydrogen (secondary N) is 1. The number of nitrogens with zero attached hydrogens (tertiary/aromatic N) is 1. The minimum atomic E-state index is -0.421. The highest BCUT2D eigenvalue weighted by Crippen LogP contribution is 2.28. The van der Waals surface area contributed by atoms with E-state index >= 15 is 0 Å². The van der Waals surface area contributed by atoms with Crippen LogP contribution in [0.2, 0.25) is 0 Å². The average molecular weight is 342 g/mol. The van der Waals surface area contributed by atoms with E-state index < -0.39 is 5.97 Å². The molecule has 5 nitrogen and oxygen atoms in total. The van der Waals surface area contributed by atoms with E-state index in [0.29, 0.717) is 32.9 Å². The maximum absolute atomic E-state index is 12.4. The number of H-pyrrole nitrogens is 1. The Labute approximate surface area is 143 Å². The van der Waals surface area contributed by atoms with Crippen LogP contribution in [0, 0.1) is 6.92 Å². The smallest absolute Gasteiger partial charge is 0.349 e. The Morgan fingerprint density at radius 1 is 1.29 bits per heavy atom. The number of ether oxygens (including phenoxy) is 1. The van der Waals surface area contributed by atoms with Gasteiger partial charge in [-0.3, -0.25) is 4.79 Å². The number of carbonyl (C=O) groups excluding carboxylic acids is 1. The van der Waals surface area contributed by atoms with E-state index in [2.05, 4.69) is 9.97 Å². The van der Waals surface area contributed by atoms with Gasteiger partial charge >= 0.3 is 5.97 Å². The third-order valence-electron chi connectivity index (χ3n) is 3.73. The van der Waals surface area contributed by atoms with E-state index in [0.717, 1.165) is 12.0 Å².